The molecule has 1 atom stereocenters. The third-order valence-corrected chi connectivity index (χ3v) is 8.21. The van der Waals surface area contributed by atoms with Crippen LogP contribution in [-0.2, 0) is 32.6 Å². The summed E-state index contributed by atoms with van der Waals surface area (Å²) in [6.45, 7) is -0.900. The summed E-state index contributed by atoms with van der Waals surface area (Å²) in [7, 11) is -3.98. The van der Waals surface area contributed by atoms with Gasteiger partial charge in [-0.1, -0.05) is 61.4 Å². The molecule has 1 unspecified atom stereocenters. The van der Waals surface area contributed by atoms with Gasteiger partial charge in [-0.3, -0.25) is 13.9 Å². The Morgan fingerprint density at radius 1 is 0.925 bits per heavy atom. The van der Waals surface area contributed by atoms with Gasteiger partial charge in [0.1, 0.15) is 24.2 Å². The SMILES string of the molecule is CS(=O)(=O)N(CC(=O)N(Cc1ccccc1F)C(Cc1ccccc1)C(=O)NC1CCCC1)c1ccc(F)cc1. The van der Waals surface area contributed by atoms with Gasteiger partial charge in [-0.15, -0.1) is 0 Å². The van der Waals surface area contributed by atoms with Crippen molar-refractivity contribution >= 4 is 27.5 Å². The molecule has 0 saturated heterocycles. The molecule has 0 spiro atoms. The van der Waals surface area contributed by atoms with Gasteiger partial charge in [0.25, 0.3) is 0 Å². The van der Waals surface area contributed by atoms with Gasteiger partial charge < -0.3 is 10.2 Å². The van der Waals surface area contributed by atoms with Crippen LogP contribution in [-0.4, -0.2) is 50.0 Å². The molecule has 1 aliphatic rings. The van der Waals surface area contributed by atoms with E-state index in [2.05, 4.69) is 5.32 Å². The van der Waals surface area contributed by atoms with Crippen molar-refractivity contribution < 1.29 is 26.8 Å². The van der Waals surface area contributed by atoms with E-state index in [9.17, 15) is 26.8 Å². The third kappa shape index (κ3) is 7.65. The van der Waals surface area contributed by atoms with Crippen LogP contribution in [0.15, 0.2) is 78.9 Å². The molecule has 2 amide bonds. The maximum atomic E-state index is 14.8. The molecule has 3 aromatic rings. The molecule has 0 bridgehead atoms. The van der Waals surface area contributed by atoms with Gasteiger partial charge in [0.05, 0.1) is 11.9 Å². The lowest BCUT2D eigenvalue weighted by atomic mass is 10.0. The van der Waals surface area contributed by atoms with E-state index in [-0.39, 0.29) is 36.2 Å². The van der Waals surface area contributed by atoms with Gasteiger partial charge in [0, 0.05) is 24.6 Å². The lowest BCUT2D eigenvalue weighted by Gasteiger charge is -2.34. The molecule has 4 rings (SSSR count). The van der Waals surface area contributed by atoms with Crippen molar-refractivity contribution in [1.29, 1.82) is 0 Å². The summed E-state index contributed by atoms with van der Waals surface area (Å²) in [5.74, 6) is -2.18. The maximum Gasteiger partial charge on any atom is 0.244 e. The number of benzene rings is 3. The number of sulfonamides is 1. The molecule has 0 radical (unpaired) electrons. The number of amides is 2. The van der Waals surface area contributed by atoms with Crippen LogP contribution in [0.5, 0.6) is 0 Å². The predicted molar refractivity (Wildman–Crippen MR) is 150 cm³/mol. The molecule has 7 nitrogen and oxygen atoms in total. The number of rotatable bonds is 11. The van der Waals surface area contributed by atoms with Crippen molar-refractivity contribution in [2.24, 2.45) is 0 Å². The minimum Gasteiger partial charge on any atom is -0.352 e. The first-order chi connectivity index (χ1) is 19.1. The molecule has 212 valence electrons. The minimum atomic E-state index is -3.98. The fourth-order valence-corrected chi connectivity index (χ4v) is 5.80. The molecular weight excluding hydrogens is 536 g/mol. The molecule has 0 aromatic heterocycles. The second kappa shape index (κ2) is 13.0. The monoisotopic (exact) mass is 569 g/mol. The number of hydrogen-bond acceptors (Lipinski definition) is 4. The highest BCUT2D eigenvalue weighted by Gasteiger charge is 2.34. The summed E-state index contributed by atoms with van der Waals surface area (Å²) in [6.07, 6.45) is 4.74. The van der Waals surface area contributed by atoms with Crippen molar-refractivity contribution in [3.05, 3.63) is 102 Å². The predicted octanol–water partition coefficient (Wildman–Crippen LogP) is 4.43. The van der Waals surface area contributed by atoms with Gasteiger partial charge in [-0.05, 0) is 48.7 Å². The first kappa shape index (κ1) is 29.2. The molecule has 0 heterocycles. The van der Waals surface area contributed by atoms with Gasteiger partial charge in [-0.25, -0.2) is 17.2 Å². The van der Waals surface area contributed by atoms with Crippen LogP contribution in [0.2, 0.25) is 0 Å². The number of hydrogen-bond donors (Lipinski definition) is 1. The lowest BCUT2D eigenvalue weighted by Crippen LogP contribution is -2.54. The molecule has 0 aliphatic heterocycles. The number of anilines is 1. The smallest absolute Gasteiger partial charge is 0.244 e. The van der Waals surface area contributed by atoms with Crippen LogP contribution >= 0.6 is 0 Å². The molecule has 40 heavy (non-hydrogen) atoms. The Morgan fingerprint density at radius 3 is 2.17 bits per heavy atom. The van der Waals surface area contributed by atoms with E-state index in [0.29, 0.717) is 0 Å². The summed E-state index contributed by atoms with van der Waals surface area (Å²) >= 11 is 0. The second-order valence-corrected chi connectivity index (χ2v) is 12.0. The van der Waals surface area contributed by atoms with E-state index in [4.69, 9.17) is 0 Å². The van der Waals surface area contributed by atoms with Crippen LogP contribution in [0.25, 0.3) is 0 Å². The standard InChI is InChI=1S/C30H33F2N3O4S/c1-40(38,39)35(26-17-15-24(31)16-18-26)21-29(36)34(20-23-11-5-8-14-27(23)32)28(19-22-9-3-2-4-10-22)30(37)33-25-12-6-7-13-25/h2-5,8-11,14-18,25,28H,6-7,12-13,19-21H2,1H3,(H,33,37). The highest BCUT2D eigenvalue weighted by molar-refractivity contribution is 7.92. The molecule has 1 saturated carbocycles. The third-order valence-electron chi connectivity index (χ3n) is 7.06. The number of halogens is 2. The Labute approximate surface area is 233 Å². The van der Waals surface area contributed by atoms with Crippen molar-refractivity contribution in [3.8, 4) is 0 Å². The zero-order chi connectivity index (χ0) is 28.7. The lowest BCUT2D eigenvalue weighted by molar-refractivity contribution is -0.140. The normalized spacial score (nSPS) is 14.5. The van der Waals surface area contributed by atoms with Crippen molar-refractivity contribution in [3.63, 3.8) is 0 Å². The maximum absolute atomic E-state index is 14.8. The minimum absolute atomic E-state index is 0.0251. The van der Waals surface area contributed by atoms with Crippen LogP contribution in [0.4, 0.5) is 14.5 Å². The Morgan fingerprint density at radius 2 is 1.55 bits per heavy atom. The second-order valence-electron chi connectivity index (χ2n) is 10.1. The average Bonchev–Trinajstić information content (AvgIpc) is 3.44. The van der Waals surface area contributed by atoms with Crippen molar-refractivity contribution in [2.45, 2.75) is 50.7 Å². The zero-order valence-electron chi connectivity index (χ0n) is 22.3. The van der Waals surface area contributed by atoms with E-state index in [1.807, 2.05) is 30.3 Å². The van der Waals surface area contributed by atoms with E-state index in [1.54, 1.807) is 6.07 Å². The molecule has 1 fully saturated rings. The molecule has 3 aromatic carbocycles. The number of nitrogens with one attached hydrogen (secondary N) is 1. The van der Waals surface area contributed by atoms with Gasteiger partial charge >= 0.3 is 0 Å². The number of nitrogens with zero attached hydrogens (tertiary/aromatic N) is 2. The van der Waals surface area contributed by atoms with Crippen molar-refractivity contribution in [2.75, 3.05) is 17.1 Å². The number of carbonyl (C=O) groups is 2. The van der Waals surface area contributed by atoms with E-state index >= 15 is 0 Å². The average molecular weight is 570 g/mol. The summed E-state index contributed by atoms with van der Waals surface area (Å²) < 4.78 is 54.7. The highest BCUT2D eigenvalue weighted by atomic mass is 32.2. The first-order valence-electron chi connectivity index (χ1n) is 13.2. The summed E-state index contributed by atoms with van der Waals surface area (Å²) in [5, 5.41) is 3.06. The molecule has 1 N–H and O–H groups in total. The summed E-state index contributed by atoms with van der Waals surface area (Å²) in [4.78, 5) is 29.0. The van der Waals surface area contributed by atoms with Gasteiger partial charge in [0.2, 0.25) is 21.8 Å². The van der Waals surface area contributed by atoms with Gasteiger partial charge in [-0.2, -0.15) is 0 Å². The van der Waals surface area contributed by atoms with Gasteiger partial charge in [0.15, 0.2) is 0 Å². The quantitative estimate of drug-likeness (QED) is 0.370. The topological polar surface area (TPSA) is 86.8 Å². The van der Waals surface area contributed by atoms with E-state index < -0.39 is 40.2 Å². The van der Waals surface area contributed by atoms with Crippen LogP contribution < -0.4 is 9.62 Å². The fraction of sp³-hybridized carbons (Fsp3) is 0.333. The Bertz CT molecular complexity index is 1410. The largest absolute Gasteiger partial charge is 0.352 e. The van der Waals surface area contributed by atoms with Crippen LogP contribution in [0.1, 0.15) is 36.8 Å². The Kier molecular flexibility index (Phi) is 9.52. The molecule has 1 aliphatic carbocycles. The van der Waals surface area contributed by atoms with E-state index in [0.717, 1.165) is 53.9 Å². The van der Waals surface area contributed by atoms with Crippen LogP contribution in [0, 0.1) is 11.6 Å². The Hall–Kier alpha value is -3.79. The highest BCUT2D eigenvalue weighted by Crippen LogP contribution is 2.23. The number of carbonyl (C=O) groups excluding carboxylic acids is 2. The Balaban J connectivity index is 1.72. The summed E-state index contributed by atoms with van der Waals surface area (Å²) in [5.41, 5.74) is 1.08. The molecule has 10 heteroatoms. The summed E-state index contributed by atoms with van der Waals surface area (Å²) in [6, 6.07) is 18.8. The van der Waals surface area contributed by atoms with Crippen LogP contribution in [0.3, 0.4) is 0 Å². The fourth-order valence-electron chi connectivity index (χ4n) is 4.95. The van der Waals surface area contributed by atoms with Crippen molar-refractivity contribution in [1.82, 2.24) is 10.2 Å². The molecular formula is C30H33F2N3O4S. The van der Waals surface area contributed by atoms with E-state index in [1.165, 1.54) is 35.2 Å². The first-order valence-corrected chi connectivity index (χ1v) is 15.1. The zero-order valence-corrected chi connectivity index (χ0v) is 23.1.